The van der Waals surface area contributed by atoms with Crippen molar-refractivity contribution < 1.29 is 14.2 Å². The van der Waals surface area contributed by atoms with Gasteiger partial charge >= 0.3 is 0 Å². The highest BCUT2D eigenvalue weighted by Crippen LogP contribution is 2.31. The van der Waals surface area contributed by atoms with E-state index in [0.717, 1.165) is 17.1 Å². The summed E-state index contributed by atoms with van der Waals surface area (Å²) >= 11 is 0. The van der Waals surface area contributed by atoms with Crippen molar-refractivity contribution in [3.8, 4) is 11.5 Å². The highest BCUT2D eigenvalue weighted by Gasteiger charge is 2.21. The van der Waals surface area contributed by atoms with E-state index in [1.54, 1.807) is 21.3 Å². The van der Waals surface area contributed by atoms with Crippen LogP contribution in [0.3, 0.4) is 0 Å². The minimum absolute atomic E-state index is 0.0577. The van der Waals surface area contributed by atoms with Gasteiger partial charge in [0.1, 0.15) is 11.5 Å². The lowest BCUT2D eigenvalue weighted by Gasteiger charge is -2.24. The average molecular weight is 239 g/mol. The van der Waals surface area contributed by atoms with E-state index in [4.69, 9.17) is 14.2 Å². The van der Waals surface area contributed by atoms with Crippen LogP contribution in [0, 0.1) is 0 Å². The zero-order chi connectivity index (χ0) is 12.8. The molecule has 0 aliphatic rings. The number of nitrogens with one attached hydrogen (secondary N) is 1. The van der Waals surface area contributed by atoms with Crippen LogP contribution in [0.25, 0.3) is 0 Å². The van der Waals surface area contributed by atoms with Gasteiger partial charge in [-0.25, -0.2) is 0 Å². The summed E-state index contributed by atoms with van der Waals surface area (Å²) in [5, 5.41) is 3.24. The first-order valence-corrected chi connectivity index (χ1v) is 5.59. The van der Waals surface area contributed by atoms with E-state index in [9.17, 15) is 0 Å². The molecule has 0 aliphatic carbocycles. The molecule has 4 nitrogen and oxygen atoms in total. The quantitative estimate of drug-likeness (QED) is 0.824. The molecule has 17 heavy (non-hydrogen) atoms. The summed E-state index contributed by atoms with van der Waals surface area (Å²) in [7, 11) is 6.90. The van der Waals surface area contributed by atoms with E-state index in [0.29, 0.717) is 0 Å². The molecule has 0 saturated heterocycles. The summed E-state index contributed by atoms with van der Waals surface area (Å²) in [5.74, 6) is 1.58. The average Bonchev–Trinajstić information content (AvgIpc) is 2.39. The van der Waals surface area contributed by atoms with Gasteiger partial charge in [0.2, 0.25) is 0 Å². The van der Waals surface area contributed by atoms with Crippen LogP contribution >= 0.6 is 0 Å². The van der Waals surface area contributed by atoms with Gasteiger partial charge in [0, 0.05) is 18.7 Å². The van der Waals surface area contributed by atoms with Gasteiger partial charge in [-0.2, -0.15) is 0 Å². The first-order chi connectivity index (χ1) is 8.17. The molecule has 2 atom stereocenters. The molecule has 0 heterocycles. The van der Waals surface area contributed by atoms with Crippen molar-refractivity contribution in [3.05, 3.63) is 23.8 Å². The van der Waals surface area contributed by atoms with E-state index < -0.39 is 0 Å². The van der Waals surface area contributed by atoms with Crippen LogP contribution in [0.1, 0.15) is 18.5 Å². The molecule has 0 saturated carbocycles. The maximum atomic E-state index is 5.39. The Labute approximate surface area is 103 Å². The topological polar surface area (TPSA) is 39.7 Å². The van der Waals surface area contributed by atoms with Gasteiger partial charge in [0.15, 0.2) is 0 Å². The zero-order valence-corrected chi connectivity index (χ0v) is 11.1. The molecule has 0 radical (unpaired) electrons. The third-order valence-corrected chi connectivity index (χ3v) is 2.93. The molecule has 4 heteroatoms. The van der Waals surface area contributed by atoms with Crippen molar-refractivity contribution in [2.45, 2.75) is 19.1 Å². The van der Waals surface area contributed by atoms with Crippen molar-refractivity contribution in [1.29, 1.82) is 0 Å². The monoisotopic (exact) mass is 239 g/mol. The van der Waals surface area contributed by atoms with E-state index in [1.165, 1.54) is 0 Å². The summed E-state index contributed by atoms with van der Waals surface area (Å²) in [5.41, 5.74) is 1.06. The second-order valence-corrected chi connectivity index (χ2v) is 3.82. The first-order valence-electron chi connectivity index (χ1n) is 5.59. The van der Waals surface area contributed by atoms with Crippen molar-refractivity contribution >= 4 is 0 Å². The molecule has 2 unspecified atom stereocenters. The molecule has 1 rings (SSSR count). The van der Waals surface area contributed by atoms with Crippen LogP contribution in [-0.2, 0) is 4.74 Å². The van der Waals surface area contributed by atoms with Crippen LogP contribution < -0.4 is 14.8 Å². The Morgan fingerprint density at radius 3 is 2.29 bits per heavy atom. The lowest BCUT2D eigenvalue weighted by Crippen LogP contribution is -2.29. The van der Waals surface area contributed by atoms with Gasteiger partial charge in [-0.3, -0.25) is 0 Å². The van der Waals surface area contributed by atoms with Gasteiger partial charge < -0.3 is 19.5 Å². The third-order valence-electron chi connectivity index (χ3n) is 2.93. The van der Waals surface area contributed by atoms with Gasteiger partial charge in [-0.15, -0.1) is 0 Å². The molecule has 96 valence electrons. The number of ether oxygens (including phenoxy) is 3. The highest BCUT2D eigenvalue weighted by atomic mass is 16.5. The number of rotatable bonds is 6. The van der Waals surface area contributed by atoms with E-state index in [1.807, 2.05) is 32.2 Å². The number of hydrogen-bond donors (Lipinski definition) is 1. The third kappa shape index (κ3) is 3.11. The minimum atomic E-state index is 0.0577. The van der Waals surface area contributed by atoms with E-state index >= 15 is 0 Å². The molecular formula is C13H21NO3. The predicted molar refractivity (Wildman–Crippen MR) is 67.8 cm³/mol. The predicted octanol–water partition coefficient (Wildman–Crippen LogP) is 2.00. The summed E-state index contributed by atoms with van der Waals surface area (Å²) in [4.78, 5) is 0. The SMILES string of the molecule is CNC(c1ccc(OC)cc1OC)C(C)OC. The maximum Gasteiger partial charge on any atom is 0.127 e. The van der Waals surface area contributed by atoms with E-state index in [-0.39, 0.29) is 12.1 Å². The molecule has 0 amide bonds. The number of likely N-dealkylation sites (N-methyl/N-ethyl adjacent to an activating group) is 1. The molecule has 0 aliphatic heterocycles. The van der Waals surface area contributed by atoms with Gasteiger partial charge in [0.05, 0.1) is 26.4 Å². The second-order valence-electron chi connectivity index (χ2n) is 3.82. The Morgan fingerprint density at radius 2 is 1.82 bits per heavy atom. The van der Waals surface area contributed by atoms with Crippen LogP contribution in [-0.4, -0.2) is 34.5 Å². The Balaban J connectivity index is 3.10. The first kappa shape index (κ1) is 13.8. The van der Waals surface area contributed by atoms with Gasteiger partial charge in [0.25, 0.3) is 0 Å². The molecular weight excluding hydrogens is 218 g/mol. The fourth-order valence-corrected chi connectivity index (χ4v) is 1.85. The standard InChI is InChI=1S/C13H21NO3/c1-9(15-3)13(14-2)11-7-6-10(16-4)8-12(11)17-5/h6-9,13-14H,1-5H3. The van der Waals surface area contributed by atoms with Crippen LogP contribution in [0.15, 0.2) is 18.2 Å². The Morgan fingerprint density at radius 1 is 1.12 bits per heavy atom. The fourth-order valence-electron chi connectivity index (χ4n) is 1.85. The fraction of sp³-hybridized carbons (Fsp3) is 0.538. The molecule has 0 spiro atoms. The zero-order valence-electron chi connectivity index (χ0n) is 11.1. The van der Waals surface area contributed by atoms with Gasteiger partial charge in [-0.1, -0.05) is 0 Å². The lowest BCUT2D eigenvalue weighted by molar-refractivity contribution is 0.0847. The van der Waals surface area contributed by atoms with E-state index in [2.05, 4.69) is 5.32 Å². The summed E-state index contributed by atoms with van der Waals surface area (Å²) in [6.07, 6.45) is 0.0577. The summed E-state index contributed by atoms with van der Waals surface area (Å²) < 4.78 is 15.9. The van der Waals surface area contributed by atoms with Crippen molar-refractivity contribution in [2.24, 2.45) is 0 Å². The van der Waals surface area contributed by atoms with Crippen molar-refractivity contribution in [2.75, 3.05) is 28.4 Å². The lowest BCUT2D eigenvalue weighted by atomic mass is 10.0. The minimum Gasteiger partial charge on any atom is -0.497 e. The molecule has 0 fully saturated rings. The maximum absolute atomic E-state index is 5.39. The summed E-state index contributed by atoms with van der Waals surface area (Å²) in [6.45, 7) is 2.02. The largest absolute Gasteiger partial charge is 0.497 e. The molecule has 1 aromatic carbocycles. The van der Waals surface area contributed by atoms with Crippen LogP contribution in [0.4, 0.5) is 0 Å². The number of hydrogen-bond acceptors (Lipinski definition) is 4. The molecule has 0 aromatic heterocycles. The number of benzene rings is 1. The molecule has 1 N–H and O–H groups in total. The Hall–Kier alpha value is -1.26. The molecule has 1 aromatic rings. The Kier molecular flexibility index (Phi) is 5.25. The Bertz CT molecular complexity index is 355. The number of methoxy groups -OCH3 is 3. The highest BCUT2D eigenvalue weighted by molar-refractivity contribution is 5.42. The van der Waals surface area contributed by atoms with Crippen LogP contribution in [0.5, 0.6) is 11.5 Å². The van der Waals surface area contributed by atoms with Crippen molar-refractivity contribution in [3.63, 3.8) is 0 Å². The normalized spacial score (nSPS) is 14.2. The smallest absolute Gasteiger partial charge is 0.127 e. The second kappa shape index (κ2) is 6.47. The van der Waals surface area contributed by atoms with Gasteiger partial charge in [-0.05, 0) is 26.1 Å². The summed E-state index contributed by atoms with van der Waals surface area (Å²) in [6, 6.07) is 5.88. The van der Waals surface area contributed by atoms with Crippen LogP contribution in [0.2, 0.25) is 0 Å². The molecule has 0 bridgehead atoms. The van der Waals surface area contributed by atoms with Crippen molar-refractivity contribution in [1.82, 2.24) is 5.32 Å².